The zero-order valence-electron chi connectivity index (χ0n) is 39.0. The number of nitro groups is 1. The van der Waals surface area contributed by atoms with E-state index in [1.165, 1.54) is 54.8 Å². The van der Waals surface area contributed by atoms with Crippen molar-refractivity contribution in [3.63, 3.8) is 0 Å². The van der Waals surface area contributed by atoms with Gasteiger partial charge in [-0.25, -0.2) is 22.5 Å². The van der Waals surface area contributed by atoms with Gasteiger partial charge in [0.25, 0.3) is 21.6 Å². The number of hydrogen-bond acceptors (Lipinski definition) is 12. The smallest absolute Gasteiger partial charge is 0.297 e. The normalized spacial score (nSPS) is 24.8. The molecule has 2 saturated heterocycles. The van der Waals surface area contributed by atoms with Gasteiger partial charge in [-0.1, -0.05) is 44.5 Å². The minimum absolute atomic E-state index is 0.0251. The van der Waals surface area contributed by atoms with E-state index in [2.05, 4.69) is 67.9 Å². The molecule has 5 aliphatic rings. The fourth-order valence-electron chi connectivity index (χ4n) is 11.7. The van der Waals surface area contributed by atoms with Crippen LogP contribution in [0.2, 0.25) is 0 Å². The molecule has 2 aliphatic carbocycles. The number of nitro benzene ring substituents is 1. The molecule has 3 atom stereocenters. The number of aromatic amines is 1. The summed E-state index contributed by atoms with van der Waals surface area (Å²) in [5.74, 6) is -0.278. The zero-order chi connectivity index (χ0) is 47.7. The lowest BCUT2D eigenvalue weighted by atomic mass is 9.70. The maximum atomic E-state index is 14.8. The molecule has 4 N–H and O–H groups in total. The number of likely N-dealkylation sites (tertiary alicyclic amines) is 1. The van der Waals surface area contributed by atoms with Crippen LogP contribution in [0.5, 0.6) is 17.2 Å². The molecular formula is C51H60FN7O8S. The summed E-state index contributed by atoms with van der Waals surface area (Å²) >= 11 is 0. The minimum atomic E-state index is -4.72. The Morgan fingerprint density at radius 2 is 1.78 bits per heavy atom. The monoisotopic (exact) mass is 949 g/mol. The average molecular weight is 950 g/mol. The highest BCUT2D eigenvalue weighted by Crippen LogP contribution is 2.49. The first-order chi connectivity index (χ1) is 32.5. The molecule has 15 nitrogen and oxygen atoms in total. The summed E-state index contributed by atoms with van der Waals surface area (Å²) in [6, 6.07) is 17.8. The van der Waals surface area contributed by atoms with E-state index in [-0.39, 0.29) is 57.9 Å². The fraction of sp³-hybridized carbons (Fsp3) is 0.490. The van der Waals surface area contributed by atoms with Gasteiger partial charge in [-0.3, -0.25) is 19.8 Å². The van der Waals surface area contributed by atoms with Crippen molar-refractivity contribution < 1.29 is 37.1 Å². The minimum Gasteiger partial charge on any atom is -0.489 e. The van der Waals surface area contributed by atoms with Crippen molar-refractivity contribution in [3.8, 4) is 17.2 Å². The number of benzene rings is 3. The van der Waals surface area contributed by atoms with Gasteiger partial charge in [-0.05, 0) is 118 Å². The number of hydrogen-bond donors (Lipinski definition) is 4. The molecule has 0 bridgehead atoms. The predicted octanol–water partition coefficient (Wildman–Crippen LogP) is 9.31. The summed E-state index contributed by atoms with van der Waals surface area (Å²) in [4.78, 5) is 37.6. The Bertz CT molecular complexity index is 2880. The maximum absolute atomic E-state index is 14.8. The van der Waals surface area contributed by atoms with Crippen LogP contribution in [0.15, 0.2) is 71.8 Å². The fourth-order valence-corrected chi connectivity index (χ4v) is 12.7. The van der Waals surface area contributed by atoms with Crippen LogP contribution in [-0.4, -0.2) is 89.7 Å². The van der Waals surface area contributed by atoms with Gasteiger partial charge in [0.15, 0.2) is 11.4 Å². The molecule has 68 heavy (non-hydrogen) atoms. The van der Waals surface area contributed by atoms with Gasteiger partial charge in [0, 0.05) is 62.3 Å². The molecule has 2 aromatic heterocycles. The number of amides is 1. The van der Waals surface area contributed by atoms with Crippen molar-refractivity contribution >= 4 is 44.0 Å². The van der Waals surface area contributed by atoms with Crippen molar-refractivity contribution in [1.29, 1.82) is 0 Å². The van der Waals surface area contributed by atoms with Gasteiger partial charge < -0.3 is 29.8 Å². The molecule has 5 heterocycles. The van der Waals surface area contributed by atoms with Crippen LogP contribution < -0.4 is 24.4 Å². The maximum Gasteiger partial charge on any atom is 0.297 e. The van der Waals surface area contributed by atoms with Crippen molar-refractivity contribution in [2.24, 2.45) is 11.3 Å². The highest BCUT2D eigenvalue weighted by Gasteiger charge is 2.49. The van der Waals surface area contributed by atoms with Gasteiger partial charge >= 0.3 is 0 Å². The summed E-state index contributed by atoms with van der Waals surface area (Å²) in [5, 5.41) is 26.3. The SMILES string of the molecule is Cc1nc2[nH]cc(F)c2cc1Oc1cc(N2CCC3(CC2)CN(C2CCC[C@H]2c2ccccc2C(C)C)C3)ccc1C(=O)NS(=O)(=O)c1cc2c(c([N+](=O)[O-])c1)N[C@@H]([C@H]1CC[C@](C)(O)CC1)CO2. The molecule has 10 rings (SSSR count). The van der Waals surface area contributed by atoms with Crippen LogP contribution in [0.1, 0.15) is 118 Å². The summed E-state index contributed by atoms with van der Waals surface area (Å²) < 4.78 is 57.3. The third-order valence-corrected chi connectivity index (χ3v) is 16.9. The number of H-pyrrole nitrogens is 1. The van der Waals surface area contributed by atoms with Crippen LogP contribution in [0.3, 0.4) is 0 Å². The molecular weight excluding hydrogens is 890 g/mol. The standard InChI is InChI=1S/C51H60FN7O8S/c1-30(2)35-8-5-6-9-36(35)37-10-7-11-42(37)58-28-51(29-58)18-20-57(21-19-51)33-12-13-38(45(22-33)67-44-25-39-40(52)26-53-48(39)54-31(44)3)49(60)56-68(64,65)34-23-43(59(62)63)47-46(24-34)66-27-41(55-47)32-14-16-50(4,61)17-15-32/h5-6,8-9,12-13,22-26,30,32,37,41-42,55,61H,7,10-11,14-21,27-29H2,1-4H3,(H,53,54)(H,56,60)/t32-,37-,41+,42?,50-/m0/s1. The number of nitrogens with one attached hydrogen (secondary N) is 3. The predicted molar refractivity (Wildman–Crippen MR) is 257 cm³/mol. The number of aromatic nitrogens is 2. The molecule has 3 aromatic carbocycles. The van der Waals surface area contributed by atoms with Crippen molar-refractivity contribution in [2.75, 3.05) is 43.0 Å². The molecule has 17 heteroatoms. The number of anilines is 2. The molecule has 1 unspecified atom stereocenters. The van der Waals surface area contributed by atoms with E-state index >= 15 is 0 Å². The number of ether oxygens (including phenoxy) is 2. The second kappa shape index (κ2) is 17.6. The Kier molecular flexibility index (Phi) is 11.9. The molecule has 4 fully saturated rings. The van der Waals surface area contributed by atoms with E-state index < -0.39 is 42.9 Å². The lowest BCUT2D eigenvalue weighted by Gasteiger charge is -2.57. The Labute approximate surface area is 396 Å². The van der Waals surface area contributed by atoms with E-state index in [4.69, 9.17) is 9.47 Å². The number of nitrogens with zero attached hydrogens (tertiary/aromatic N) is 4. The largest absolute Gasteiger partial charge is 0.489 e. The Morgan fingerprint density at radius 3 is 2.51 bits per heavy atom. The summed E-state index contributed by atoms with van der Waals surface area (Å²) in [6.07, 6.45) is 9.42. The molecule has 3 aliphatic heterocycles. The van der Waals surface area contributed by atoms with Gasteiger partial charge in [-0.2, -0.15) is 0 Å². The lowest BCUT2D eigenvalue weighted by molar-refractivity contribution is -0.384. The van der Waals surface area contributed by atoms with Crippen LogP contribution in [0.25, 0.3) is 11.0 Å². The van der Waals surface area contributed by atoms with E-state index in [0.717, 1.165) is 50.8 Å². The topological polar surface area (TPSA) is 192 Å². The van der Waals surface area contributed by atoms with Gasteiger partial charge in [0.2, 0.25) is 0 Å². The number of rotatable bonds is 11. The summed E-state index contributed by atoms with van der Waals surface area (Å²) in [6.45, 7) is 11.9. The highest BCUT2D eigenvalue weighted by atomic mass is 32.2. The van der Waals surface area contributed by atoms with E-state index in [1.54, 1.807) is 26.0 Å². The first-order valence-corrected chi connectivity index (χ1v) is 25.5. The number of piperidine rings is 1. The molecule has 5 aromatic rings. The van der Waals surface area contributed by atoms with Gasteiger partial charge in [0.05, 0.1) is 38.1 Å². The van der Waals surface area contributed by atoms with Gasteiger partial charge in [-0.15, -0.1) is 0 Å². The number of aryl methyl sites for hydroxylation is 1. The molecule has 1 amide bonds. The van der Waals surface area contributed by atoms with Gasteiger partial charge in [0.1, 0.15) is 29.6 Å². The third kappa shape index (κ3) is 8.77. The average Bonchev–Trinajstić information content (AvgIpc) is 3.93. The molecule has 2 saturated carbocycles. The lowest BCUT2D eigenvalue weighted by Crippen LogP contribution is -2.63. The second-order valence-electron chi connectivity index (χ2n) is 20.6. The van der Waals surface area contributed by atoms with E-state index in [9.17, 15) is 32.8 Å². The van der Waals surface area contributed by atoms with Crippen molar-refractivity contribution in [1.82, 2.24) is 19.6 Å². The van der Waals surface area contributed by atoms with Crippen molar-refractivity contribution in [2.45, 2.75) is 120 Å². The number of carbonyl (C=O) groups is 1. The number of pyridine rings is 1. The number of aliphatic hydroxyl groups is 1. The number of halogens is 1. The number of carbonyl (C=O) groups excluding carboxylic acids is 1. The Morgan fingerprint density at radius 1 is 1.03 bits per heavy atom. The zero-order valence-corrected chi connectivity index (χ0v) is 39.8. The first-order valence-electron chi connectivity index (χ1n) is 24.0. The van der Waals surface area contributed by atoms with Crippen LogP contribution >= 0.6 is 0 Å². The third-order valence-electron chi connectivity index (χ3n) is 15.6. The first kappa shape index (κ1) is 46.0. The summed E-state index contributed by atoms with van der Waals surface area (Å²) in [7, 11) is -4.72. The van der Waals surface area contributed by atoms with E-state index in [0.29, 0.717) is 54.9 Å². The van der Waals surface area contributed by atoms with Crippen LogP contribution in [0.4, 0.5) is 21.5 Å². The van der Waals surface area contributed by atoms with E-state index in [1.807, 2.05) is 0 Å². The molecule has 360 valence electrons. The summed E-state index contributed by atoms with van der Waals surface area (Å²) in [5.41, 5.74) is 3.35. The van der Waals surface area contributed by atoms with Crippen molar-refractivity contribution in [3.05, 3.63) is 105 Å². The Hall–Kier alpha value is -5.78. The molecule has 1 spiro atoms. The quantitative estimate of drug-likeness (QED) is 0.0726. The van der Waals surface area contributed by atoms with Crippen LogP contribution in [-0.2, 0) is 10.0 Å². The highest BCUT2D eigenvalue weighted by molar-refractivity contribution is 7.90. The Balaban J connectivity index is 0.874. The molecule has 0 radical (unpaired) electrons. The van der Waals surface area contributed by atoms with Crippen LogP contribution in [0, 0.1) is 34.2 Å². The second-order valence-corrected chi connectivity index (χ2v) is 22.3. The number of sulfonamides is 1. The number of fused-ring (bicyclic) bond motifs is 2.